The molecule has 1 spiro atoms. The maximum atomic E-state index is 13.0. The molecule has 6 nitrogen and oxygen atoms in total. The molecule has 0 bridgehead atoms. The second-order valence-electron chi connectivity index (χ2n) is 8.97. The highest BCUT2D eigenvalue weighted by atomic mass is 35.5. The van der Waals surface area contributed by atoms with Crippen LogP contribution in [-0.2, 0) is 9.53 Å². The summed E-state index contributed by atoms with van der Waals surface area (Å²) in [6.45, 7) is 4.44. The van der Waals surface area contributed by atoms with Gasteiger partial charge < -0.3 is 15.0 Å². The number of nitrogens with zero attached hydrogens (tertiary/aromatic N) is 3. The quantitative estimate of drug-likeness (QED) is 0.791. The Morgan fingerprint density at radius 3 is 2.76 bits per heavy atom. The summed E-state index contributed by atoms with van der Waals surface area (Å²) >= 11 is 6.27. The highest BCUT2D eigenvalue weighted by Gasteiger charge is 2.45. The topological polar surface area (TPSA) is 59.4 Å². The number of aromatic nitrogens is 2. The first-order valence-corrected chi connectivity index (χ1v) is 11.3. The van der Waals surface area contributed by atoms with Crippen molar-refractivity contribution in [2.24, 2.45) is 5.41 Å². The van der Waals surface area contributed by atoms with Crippen LogP contribution in [0.15, 0.2) is 18.2 Å². The molecule has 3 heterocycles. The van der Waals surface area contributed by atoms with Crippen LogP contribution in [0.4, 0.5) is 5.82 Å². The Hall–Kier alpha value is -1.79. The molecule has 0 unspecified atom stereocenters. The SMILES string of the molecule is C[C@@H](Nc1nn([C@@H]2CCCCO2)c2ccc(Cl)cc12)C(=O)N1CCC2(CC1)CC2. The number of piperidine rings is 1. The van der Waals surface area contributed by atoms with Crippen LogP contribution in [0.3, 0.4) is 0 Å². The Labute approximate surface area is 176 Å². The Morgan fingerprint density at radius 1 is 1.28 bits per heavy atom. The lowest BCUT2D eigenvalue weighted by atomic mass is 9.93. The highest BCUT2D eigenvalue weighted by molar-refractivity contribution is 6.31. The molecule has 29 heavy (non-hydrogen) atoms. The van der Waals surface area contributed by atoms with Gasteiger partial charge in [0.15, 0.2) is 12.0 Å². The molecule has 7 heteroatoms. The van der Waals surface area contributed by atoms with Gasteiger partial charge in [0.25, 0.3) is 0 Å². The van der Waals surface area contributed by atoms with Crippen molar-refractivity contribution in [3.63, 3.8) is 0 Å². The van der Waals surface area contributed by atoms with Crippen molar-refractivity contribution in [2.75, 3.05) is 25.0 Å². The van der Waals surface area contributed by atoms with Crippen LogP contribution < -0.4 is 5.32 Å². The van der Waals surface area contributed by atoms with Crippen LogP contribution in [0, 0.1) is 5.41 Å². The highest BCUT2D eigenvalue weighted by Crippen LogP contribution is 2.53. The molecule has 2 aromatic rings. The Morgan fingerprint density at radius 2 is 2.07 bits per heavy atom. The molecule has 1 aromatic carbocycles. The van der Waals surface area contributed by atoms with Gasteiger partial charge in [-0.05, 0) is 75.5 Å². The fraction of sp³-hybridized carbons (Fsp3) is 0.636. The van der Waals surface area contributed by atoms with E-state index in [0.29, 0.717) is 16.3 Å². The molecule has 156 valence electrons. The van der Waals surface area contributed by atoms with Gasteiger partial charge in [0.05, 0.1) is 5.52 Å². The number of likely N-dealkylation sites (tertiary alicyclic amines) is 1. The van der Waals surface area contributed by atoms with Crippen LogP contribution in [0.25, 0.3) is 10.9 Å². The lowest BCUT2D eigenvalue weighted by molar-refractivity contribution is -0.133. The van der Waals surface area contributed by atoms with E-state index in [2.05, 4.69) is 5.32 Å². The number of rotatable bonds is 4. The van der Waals surface area contributed by atoms with Crippen LogP contribution in [0.1, 0.15) is 58.1 Å². The molecule has 3 fully saturated rings. The molecule has 1 N–H and O–H groups in total. The maximum Gasteiger partial charge on any atom is 0.244 e. The summed E-state index contributed by atoms with van der Waals surface area (Å²) in [5, 5.41) is 9.77. The van der Waals surface area contributed by atoms with E-state index in [1.54, 1.807) is 0 Å². The zero-order valence-electron chi connectivity index (χ0n) is 17.0. The maximum absolute atomic E-state index is 13.0. The molecular weight excluding hydrogens is 388 g/mol. The molecule has 2 aliphatic heterocycles. The van der Waals surface area contributed by atoms with E-state index in [4.69, 9.17) is 21.4 Å². The predicted molar refractivity (Wildman–Crippen MR) is 114 cm³/mol. The Balaban J connectivity index is 1.36. The summed E-state index contributed by atoms with van der Waals surface area (Å²) in [6.07, 6.45) is 8.10. The predicted octanol–water partition coefficient (Wildman–Crippen LogP) is 4.59. The van der Waals surface area contributed by atoms with Gasteiger partial charge in [-0.25, -0.2) is 4.68 Å². The van der Waals surface area contributed by atoms with Gasteiger partial charge in [-0.1, -0.05) is 11.6 Å². The largest absolute Gasteiger partial charge is 0.357 e. The van der Waals surface area contributed by atoms with Gasteiger partial charge in [-0.15, -0.1) is 0 Å². The number of carbonyl (C=O) groups excluding carboxylic acids is 1. The molecule has 3 aliphatic rings. The molecule has 1 aliphatic carbocycles. The molecule has 2 atom stereocenters. The van der Waals surface area contributed by atoms with E-state index in [1.807, 2.05) is 34.7 Å². The van der Waals surface area contributed by atoms with Gasteiger partial charge in [0.1, 0.15) is 6.04 Å². The van der Waals surface area contributed by atoms with Crippen LogP contribution in [0.2, 0.25) is 5.02 Å². The first kappa shape index (κ1) is 19.2. The smallest absolute Gasteiger partial charge is 0.244 e. The minimum absolute atomic E-state index is 0.0641. The second kappa shape index (κ2) is 7.47. The first-order chi connectivity index (χ1) is 14.0. The minimum Gasteiger partial charge on any atom is -0.357 e. The van der Waals surface area contributed by atoms with Crippen molar-refractivity contribution in [2.45, 2.75) is 64.1 Å². The summed E-state index contributed by atoms with van der Waals surface area (Å²) in [5.74, 6) is 0.854. The summed E-state index contributed by atoms with van der Waals surface area (Å²) in [6, 6.07) is 5.45. The molecule has 1 saturated carbocycles. The average molecular weight is 417 g/mol. The second-order valence-corrected chi connectivity index (χ2v) is 9.40. The number of halogens is 1. The number of benzene rings is 1. The number of nitrogens with one attached hydrogen (secondary N) is 1. The van der Waals surface area contributed by atoms with Gasteiger partial charge >= 0.3 is 0 Å². The fourth-order valence-electron chi connectivity index (χ4n) is 4.77. The number of amides is 1. The van der Waals surface area contributed by atoms with E-state index in [-0.39, 0.29) is 18.2 Å². The van der Waals surface area contributed by atoms with Crippen LogP contribution in [-0.4, -0.2) is 46.3 Å². The van der Waals surface area contributed by atoms with E-state index >= 15 is 0 Å². The molecule has 2 saturated heterocycles. The van der Waals surface area contributed by atoms with Crippen LogP contribution >= 0.6 is 11.6 Å². The van der Waals surface area contributed by atoms with E-state index in [1.165, 1.54) is 12.8 Å². The van der Waals surface area contributed by atoms with Crippen molar-refractivity contribution in [3.05, 3.63) is 23.2 Å². The summed E-state index contributed by atoms with van der Waals surface area (Å²) in [4.78, 5) is 15.0. The number of hydrogen-bond acceptors (Lipinski definition) is 4. The first-order valence-electron chi connectivity index (χ1n) is 10.9. The molecular formula is C22H29ClN4O2. The van der Waals surface area contributed by atoms with Crippen LogP contribution in [0.5, 0.6) is 0 Å². The summed E-state index contributed by atoms with van der Waals surface area (Å²) in [7, 11) is 0. The lowest BCUT2D eigenvalue weighted by Crippen LogP contribution is -2.45. The Bertz CT molecular complexity index is 907. The monoisotopic (exact) mass is 416 g/mol. The number of ether oxygens (including phenoxy) is 1. The molecule has 0 radical (unpaired) electrons. The zero-order chi connectivity index (χ0) is 20.0. The van der Waals surface area contributed by atoms with Gasteiger partial charge in [-0.3, -0.25) is 4.79 Å². The number of fused-ring (bicyclic) bond motifs is 1. The van der Waals surface area contributed by atoms with Gasteiger partial charge in [-0.2, -0.15) is 5.10 Å². The third kappa shape index (κ3) is 3.73. The average Bonchev–Trinajstić information content (AvgIpc) is 3.41. The number of carbonyl (C=O) groups is 1. The van der Waals surface area contributed by atoms with Gasteiger partial charge in [0.2, 0.25) is 5.91 Å². The molecule has 1 aromatic heterocycles. The molecule has 1 amide bonds. The van der Waals surface area contributed by atoms with Crippen molar-refractivity contribution in [1.82, 2.24) is 14.7 Å². The van der Waals surface area contributed by atoms with E-state index in [9.17, 15) is 4.79 Å². The van der Waals surface area contributed by atoms with Crippen molar-refractivity contribution in [3.8, 4) is 0 Å². The summed E-state index contributed by atoms with van der Waals surface area (Å²) in [5.41, 5.74) is 1.55. The van der Waals surface area contributed by atoms with Crippen molar-refractivity contribution >= 4 is 34.2 Å². The lowest BCUT2D eigenvalue weighted by Gasteiger charge is -2.34. The van der Waals surface area contributed by atoms with Crippen molar-refractivity contribution in [1.29, 1.82) is 0 Å². The van der Waals surface area contributed by atoms with E-state index in [0.717, 1.165) is 62.7 Å². The molecule has 5 rings (SSSR count). The Kier molecular flexibility index (Phi) is 4.95. The third-order valence-corrected chi connectivity index (χ3v) is 7.15. The third-order valence-electron chi connectivity index (χ3n) is 6.91. The van der Waals surface area contributed by atoms with Crippen molar-refractivity contribution < 1.29 is 9.53 Å². The standard InChI is InChI=1S/C22H29ClN4O2/c1-15(21(28)26-11-9-22(7-8-22)10-12-26)24-20-17-14-16(23)5-6-18(17)27(25-20)19-4-2-3-13-29-19/h5-6,14-15,19H,2-4,7-13H2,1H3,(H,24,25)/t15-,19+/m1/s1. The zero-order valence-corrected chi connectivity index (χ0v) is 17.7. The number of anilines is 1. The minimum atomic E-state index is -0.332. The van der Waals surface area contributed by atoms with Gasteiger partial charge in [0, 0.05) is 30.1 Å². The fourth-order valence-corrected chi connectivity index (χ4v) is 4.95. The van der Waals surface area contributed by atoms with E-state index < -0.39 is 0 Å². The normalized spacial score (nSPS) is 24.6. The number of hydrogen-bond donors (Lipinski definition) is 1. The summed E-state index contributed by atoms with van der Waals surface area (Å²) < 4.78 is 7.90.